The second-order valence-electron chi connectivity index (χ2n) is 5.51. The van der Waals surface area contributed by atoms with Crippen molar-refractivity contribution in [2.45, 2.75) is 24.5 Å². The number of ether oxygens (including phenoxy) is 3. The summed E-state index contributed by atoms with van der Waals surface area (Å²) >= 11 is 0. The van der Waals surface area contributed by atoms with Crippen LogP contribution in [0.5, 0.6) is 0 Å². The van der Waals surface area contributed by atoms with Gasteiger partial charge in [0.2, 0.25) is 0 Å². The fourth-order valence-corrected chi connectivity index (χ4v) is 3.50. The van der Waals surface area contributed by atoms with Crippen LogP contribution in [0.4, 0.5) is 0 Å². The van der Waals surface area contributed by atoms with Crippen molar-refractivity contribution in [3.05, 3.63) is 59.2 Å². The summed E-state index contributed by atoms with van der Waals surface area (Å²) in [4.78, 5) is 24.7. The highest BCUT2D eigenvalue weighted by atomic mass is 16.6. The van der Waals surface area contributed by atoms with E-state index < -0.39 is 23.6 Å². The van der Waals surface area contributed by atoms with E-state index in [0.717, 1.165) is 11.1 Å². The van der Waals surface area contributed by atoms with Gasteiger partial charge in [0.1, 0.15) is 11.7 Å². The maximum Gasteiger partial charge on any atom is 0.337 e. The predicted octanol–water partition coefficient (Wildman–Crippen LogP) is 2.58. The number of benzene rings is 1. The fourth-order valence-electron chi connectivity index (χ4n) is 3.50. The summed E-state index contributed by atoms with van der Waals surface area (Å²) in [6.45, 7) is 3.74. The first-order valence-corrected chi connectivity index (χ1v) is 7.40. The van der Waals surface area contributed by atoms with E-state index in [0.29, 0.717) is 12.8 Å². The molecule has 5 nitrogen and oxygen atoms in total. The number of hydrogen-bond donors (Lipinski definition) is 0. The Morgan fingerprint density at radius 1 is 1.26 bits per heavy atom. The van der Waals surface area contributed by atoms with Crippen LogP contribution in [0, 0.1) is 0 Å². The minimum Gasteiger partial charge on any atom is -0.466 e. The Labute approximate surface area is 134 Å². The number of fused-ring (bicyclic) bond motifs is 5. The molecule has 2 atom stereocenters. The van der Waals surface area contributed by atoms with Gasteiger partial charge in [-0.1, -0.05) is 30.3 Å². The number of carbonyl (C=O) groups is 2. The molecule has 1 aromatic carbocycles. The van der Waals surface area contributed by atoms with Crippen molar-refractivity contribution in [1.29, 1.82) is 0 Å². The van der Waals surface area contributed by atoms with Crippen molar-refractivity contribution < 1.29 is 23.8 Å². The van der Waals surface area contributed by atoms with Crippen LogP contribution in [0.15, 0.2) is 48.1 Å². The van der Waals surface area contributed by atoms with Gasteiger partial charge in [0.05, 0.1) is 25.4 Å². The Balaban J connectivity index is 2.25. The number of allylic oxidation sites excluding steroid dienone is 1. The van der Waals surface area contributed by atoms with Gasteiger partial charge in [-0.25, -0.2) is 9.59 Å². The Hall–Kier alpha value is -2.40. The van der Waals surface area contributed by atoms with Crippen molar-refractivity contribution in [1.82, 2.24) is 0 Å². The standard InChI is InChI=1S/C18H18O5/c1-4-5-10-18-12-9-7-6-8-11(12)15(23-18)13(16(19)21-2)14(18)17(20)22-3/h4,6-9,15H,1,5,10H2,2-3H3/t15-,18+/m1/s1. The summed E-state index contributed by atoms with van der Waals surface area (Å²) in [7, 11) is 2.59. The molecule has 0 N–H and O–H groups in total. The van der Waals surface area contributed by atoms with E-state index in [1.807, 2.05) is 24.3 Å². The number of methoxy groups -OCH3 is 2. The smallest absolute Gasteiger partial charge is 0.337 e. The van der Waals surface area contributed by atoms with Crippen LogP contribution >= 0.6 is 0 Å². The van der Waals surface area contributed by atoms with E-state index in [1.54, 1.807) is 6.08 Å². The van der Waals surface area contributed by atoms with E-state index in [-0.39, 0.29) is 11.1 Å². The van der Waals surface area contributed by atoms with E-state index in [2.05, 4.69) is 6.58 Å². The monoisotopic (exact) mass is 314 g/mol. The minimum atomic E-state index is -0.980. The van der Waals surface area contributed by atoms with Gasteiger partial charge < -0.3 is 14.2 Å². The largest absolute Gasteiger partial charge is 0.466 e. The van der Waals surface area contributed by atoms with Crippen molar-refractivity contribution in [2.75, 3.05) is 14.2 Å². The van der Waals surface area contributed by atoms with Crippen LogP contribution in [0.25, 0.3) is 0 Å². The van der Waals surface area contributed by atoms with Crippen LogP contribution in [0.3, 0.4) is 0 Å². The molecule has 120 valence electrons. The topological polar surface area (TPSA) is 61.8 Å². The van der Waals surface area contributed by atoms with E-state index in [4.69, 9.17) is 14.2 Å². The lowest BCUT2D eigenvalue weighted by atomic mass is 9.75. The molecule has 0 radical (unpaired) electrons. The van der Waals surface area contributed by atoms with Crippen molar-refractivity contribution >= 4 is 11.9 Å². The second kappa shape index (κ2) is 5.66. The van der Waals surface area contributed by atoms with Gasteiger partial charge in [0.25, 0.3) is 0 Å². The molecule has 5 heteroatoms. The van der Waals surface area contributed by atoms with Crippen LogP contribution in [0.1, 0.15) is 30.1 Å². The van der Waals surface area contributed by atoms with E-state index >= 15 is 0 Å². The first-order valence-electron chi connectivity index (χ1n) is 7.40. The lowest BCUT2D eigenvalue weighted by Gasteiger charge is -2.29. The third-order valence-corrected chi connectivity index (χ3v) is 4.43. The summed E-state index contributed by atoms with van der Waals surface area (Å²) in [5.41, 5.74) is 1.30. The van der Waals surface area contributed by atoms with Gasteiger partial charge in [-0.2, -0.15) is 0 Å². The van der Waals surface area contributed by atoms with Crippen molar-refractivity contribution in [3.63, 3.8) is 0 Å². The van der Waals surface area contributed by atoms with E-state index in [1.165, 1.54) is 14.2 Å². The van der Waals surface area contributed by atoms with Crippen LogP contribution in [-0.2, 0) is 29.4 Å². The lowest BCUT2D eigenvalue weighted by Crippen LogP contribution is -2.32. The third kappa shape index (κ3) is 2.04. The molecular formula is C18H18O5. The van der Waals surface area contributed by atoms with Gasteiger partial charge in [-0.05, 0) is 24.0 Å². The average molecular weight is 314 g/mol. The summed E-state index contributed by atoms with van der Waals surface area (Å²) in [6, 6.07) is 7.62. The average Bonchev–Trinajstić information content (AvgIpc) is 3.10. The summed E-state index contributed by atoms with van der Waals surface area (Å²) < 4.78 is 16.0. The molecule has 2 heterocycles. The fraction of sp³-hybridized carbons (Fsp3) is 0.333. The first kappa shape index (κ1) is 15.5. The quantitative estimate of drug-likeness (QED) is 0.617. The molecule has 0 aliphatic carbocycles. The molecule has 0 aromatic heterocycles. The number of carbonyl (C=O) groups excluding carboxylic acids is 2. The molecule has 2 aliphatic heterocycles. The van der Waals surface area contributed by atoms with Crippen molar-refractivity contribution in [3.8, 4) is 0 Å². The van der Waals surface area contributed by atoms with Crippen LogP contribution < -0.4 is 0 Å². The summed E-state index contributed by atoms with van der Waals surface area (Å²) in [6.07, 6.45) is 2.31. The normalized spacial score (nSPS) is 24.3. The van der Waals surface area contributed by atoms with Gasteiger partial charge in [0.15, 0.2) is 0 Å². The van der Waals surface area contributed by atoms with Crippen molar-refractivity contribution in [2.24, 2.45) is 0 Å². The number of rotatable bonds is 5. The zero-order valence-electron chi connectivity index (χ0n) is 13.1. The zero-order valence-corrected chi connectivity index (χ0v) is 13.1. The highest BCUT2D eigenvalue weighted by molar-refractivity contribution is 6.05. The molecule has 0 saturated carbocycles. The summed E-state index contributed by atoms with van der Waals surface area (Å²) in [5, 5.41) is 0. The van der Waals surface area contributed by atoms with Crippen LogP contribution in [-0.4, -0.2) is 26.2 Å². The number of esters is 2. The second-order valence-corrected chi connectivity index (χ2v) is 5.51. The Kier molecular flexibility index (Phi) is 3.82. The lowest BCUT2D eigenvalue weighted by molar-refractivity contribution is -0.140. The van der Waals surface area contributed by atoms with E-state index in [9.17, 15) is 9.59 Å². The number of hydrogen-bond acceptors (Lipinski definition) is 5. The molecule has 2 aliphatic rings. The van der Waals surface area contributed by atoms with Gasteiger partial charge >= 0.3 is 11.9 Å². The SMILES string of the molecule is C=CCC[C@@]12O[C@@H](C(C(=O)OC)=C1C(=O)OC)c1ccccc12. The zero-order chi connectivity index (χ0) is 16.6. The summed E-state index contributed by atoms with van der Waals surface area (Å²) in [5.74, 6) is -1.13. The molecule has 1 aromatic rings. The molecule has 0 saturated heterocycles. The van der Waals surface area contributed by atoms with Crippen LogP contribution in [0.2, 0.25) is 0 Å². The Morgan fingerprint density at radius 2 is 1.96 bits per heavy atom. The highest BCUT2D eigenvalue weighted by Gasteiger charge is 2.59. The Morgan fingerprint density at radius 3 is 2.61 bits per heavy atom. The molecule has 2 bridgehead atoms. The molecule has 0 fully saturated rings. The van der Waals surface area contributed by atoms with Gasteiger partial charge in [-0.15, -0.1) is 6.58 Å². The third-order valence-electron chi connectivity index (χ3n) is 4.43. The minimum absolute atomic E-state index is 0.238. The van der Waals surface area contributed by atoms with Gasteiger partial charge in [0, 0.05) is 0 Å². The predicted molar refractivity (Wildman–Crippen MR) is 82.4 cm³/mol. The van der Waals surface area contributed by atoms with Gasteiger partial charge in [-0.3, -0.25) is 0 Å². The molecule has 0 unspecified atom stereocenters. The molecule has 23 heavy (non-hydrogen) atoms. The molecule has 0 spiro atoms. The molecule has 0 amide bonds. The first-order chi connectivity index (χ1) is 11.1. The molecule has 3 rings (SSSR count). The molecular weight excluding hydrogens is 296 g/mol. The maximum absolute atomic E-state index is 12.4. The highest BCUT2D eigenvalue weighted by Crippen LogP contribution is 2.60. The maximum atomic E-state index is 12.4. The Bertz CT molecular complexity index is 718.